The topological polar surface area (TPSA) is 46.3 Å². The maximum Gasteiger partial charge on any atom is 0.247 e. The van der Waals surface area contributed by atoms with Gasteiger partial charge in [0.05, 0.1) is 0 Å². The van der Waals surface area contributed by atoms with Crippen molar-refractivity contribution in [2.45, 2.75) is 31.1 Å². The average molecular weight is 394 g/mol. The fraction of sp³-hybridized carbons (Fsp3) is 0.533. The highest BCUT2D eigenvalue weighted by atomic mass is 79.9. The third-order valence-electron chi connectivity index (χ3n) is 3.77. The summed E-state index contributed by atoms with van der Waals surface area (Å²) in [7, 11) is 0. The number of hydrogen-bond acceptors (Lipinski definition) is 3. The van der Waals surface area contributed by atoms with E-state index in [0.29, 0.717) is 5.25 Å². The molecule has 0 aromatic heterocycles. The summed E-state index contributed by atoms with van der Waals surface area (Å²) in [6.07, 6.45) is 1.09. The van der Waals surface area contributed by atoms with Crippen molar-refractivity contribution in [2.75, 3.05) is 18.8 Å². The summed E-state index contributed by atoms with van der Waals surface area (Å²) in [6, 6.07) is 7.68. The van der Waals surface area contributed by atoms with Gasteiger partial charge in [0, 0.05) is 28.6 Å². The Morgan fingerprint density at radius 1 is 1.48 bits per heavy atom. The smallest absolute Gasteiger partial charge is 0.247 e. The Labute approximate surface area is 145 Å². The van der Waals surface area contributed by atoms with Crippen LogP contribution in [-0.4, -0.2) is 34.9 Å². The first-order valence-electron chi connectivity index (χ1n) is 6.91. The minimum atomic E-state index is -0.957. The highest BCUT2D eigenvalue weighted by Gasteiger charge is 2.36. The fourth-order valence-corrected chi connectivity index (χ4v) is 3.84. The van der Waals surface area contributed by atoms with Gasteiger partial charge in [-0.05, 0) is 31.0 Å². The second-order valence-electron chi connectivity index (χ2n) is 5.36. The molecule has 6 heteroatoms. The molecule has 1 aromatic rings. The van der Waals surface area contributed by atoms with Crippen LogP contribution in [0.15, 0.2) is 28.7 Å². The van der Waals surface area contributed by atoms with E-state index in [-0.39, 0.29) is 18.3 Å². The van der Waals surface area contributed by atoms with Gasteiger partial charge in [-0.25, -0.2) is 0 Å². The molecular weight excluding hydrogens is 372 g/mol. The molecule has 2 rings (SSSR count). The summed E-state index contributed by atoms with van der Waals surface area (Å²) in [6.45, 7) is 5.58. The number of amides is 1. The number of carbonyl (C=O) groups is 1. The van der Waals surface area contributed by atoms with Crippen LogP contribution in [0.25, 0.3) is 0 Å². The molecule has 1 aliphatic rings. The summed E-state index contributed by atoms with van der Waals surface area (Å²) in [5.41, 5.74) is 6.24. The summed E-state index contributed by atoms with van der Waals surface area (Å²) in [5.74, 6) is 1.03. The number of benzene rings is 1. The SMILES string of the molecule is CCC1CN(C(=O)C(C)(N)c2ccc(Br)cc2)CCS1.Cl. The molecule has 3 nitrogen and oxygen atoms in total. The summed E-state index contributed by atoms with van der Waals surface area (Å²) in [5, 5.41) is 0.536. The van der Waals surface area contributed by atoms with Crippen LogP contribution in [0.3, 0.4) is 0 Å². The number of halogens is 2. The van der Waals surface area contributed by atoms with E-state index >= 15 is 0 Å². The predicted octanol–water partition coefficient (Wildman–Crippen LogP) is 3.40. The van der Waals surface area contributed by atoms with Gasteiger partial charge in [-0.15, -0.1) is 12.4 Å². The number of nitrogens with zero attached hydrogens (tertiary/aromatic N) is 1. The number of rotatable bonds is 3. The van der Waals surface area contributed by atoms with E-state index in [2.05, 4.69) is 22.9 Å². The maximum atomic E-state index is 12.7. The largest absolute Gasteiger partial charge is 0.339 e. The Morgan fingerprint density at radius 3 is 2.67 bits per heavy atom. The molecule has 2 unspecified atom stereocenters. The number of hydrogen-bond donors (Lipinski definition) is 1. The highest BCUT2D eigenvalue weighted by Crippen LogP contribution is 2.27. The van der Waals surface area contributed by atoms with Crippen LogP contribution in [0.4, 0.5) is 0 Å². The van der Waals surface area contributed by atoms with Crippen LogP contribution in [-0.2, 0) is 10.3 Å². The molecule has 2 N–H and O–H groups in total. The van der Waals surface area contributed by atoms with Gasteiger partial charge in [0.2, 0.25) is 5.91 Å². The second-order valence-corrected chi connectivity index (χ2v) is 7.69. The molecule has 0 bridgehead atoms. The van der Waals surface area contributed by atoms with Crippen molar-refractivity contribution in [1.82, 2.24) is 4.90 Å². The Morgan fingerprint density at radius 2 is 2.10 bits per heavy atom. The molecule has 1 heterocycles. The Hall–Kier alpha value is -0.230. The van der Waals surface area contributed by atoms with Gasteiger partial charge < -0.3 is 10.6 Å². The van der Waals surface area contributed by atoms with E-state index < -0.39 is 5.54 Å². The average Bonchev–Trinajstić information content (AvgIpc) is 2.47. The van der Waals surface area contributed by atoms with Crippen molar-refractivity contribution < 1.29 is 4.79 Å². The molecular formula is C15H22BrClN2OS. The van der Waals surface area contributed by atoms with E-state index in [1.165, 1.54) is 0 Å². The van der Waals surface area contributed by atoms with Gasteiger partial charge in [-0.2, -0.15) is 11.8 Å². The molecule has 0 aliphatic carbocycles. The summed E-state index contributed by atoms with van der Waals surface area (Å²) < 4.78 is 0.991. The van der Waals surface area contributed by atoms with Crippen molar-refractivity contribution in [2.24, 2.45) is 5.73 Å². The third kappa shape index (κ3) is 4.38. The second kappa shape index (κ2) is 7.86. The monoisotopic (exact) mass is 392 g/mol. The van der Waals surface area contributed by atoms with Crippen molar-refractivity contribution in [1.29, 1.82) is 0 Å². The molecule has 21 heavy (non-hydrogen) atoms. The molecule has 1 aliphatic heterocycles. The van der Waals surface area contributed by atoms with E-state index in [4.69, 9.17) is 5.73 Å². The van der Waals surface area contributed by atoms with E-state index in [9.17, 15) is 4.79 Å². The zero-order valence-corrected chi connectivity index (χ0v) is 15.6. The van der Waals surface area contributed by atoms with Crippen LogP contribution in [0, 0.1) is 0 Å². The van der Waals surface area contributed by atoms with E-state index in [0.717, 1.165) is 35.3 Å². The Kier molecular flexibility index (Phi) is 7.04. The Balaban J connectivity index is 0.00000220. The van der Waals surface area contributed by atoms with Crippen LogP contribution in [0.1, 0.15) is 25.8 Å². The van der Waals surface area contributed by atoms with E-state index in [1.807, 2.05) is 40.9 Å². The van der Waals surface area contributed by atoms with Crippen LogP contribution >= 0.6 is 40.1 Å². The lowest BCUT2D eigenvalue weighted by Gasteiger charge is -2.37. The fourth-order valence-electron chi connectivity index (χ4n) is 2.40. The molecule has 1 saturated heterocycles. The molecule has 1 amide bonds. The van der Waals surface area contributed by atoms with Crippen molar-refractivity contribution in [3.8, 4) is 0 Å². The van der Waals surface area contributed by atoms with Gasteiger partial charge >= 0.3 is 0 Å². The van der Waals surface area contributed by atoms with Gasteiger partial charge in [-0.3, -0.25) is 4.79 Å². The van der Waals surface area contributed by atoms with Crippen molar-refractivity contribution in [3.05, 3.63) is 34.3 Å². The lowest BCUT2D eigenvalue weighted by molar-refractivity contribution is -0.136. The van der Waals surface area contributed by atoms with Crippen LogP contribution in [0.2, 0.25) is 0 Å². The zero-order chi connectivity index (χ0) is 14.8. The first-order valence-corrected chi connectivity index (χ1v) is 8.75. The summed E-state index contributed by atoms with van der Waals surface area (Å²) >= 11 is 5.36. The lowest BCUT2D eigenvalue weighted by Crippen LogP contribution is -2.54. The lowest BCUT2D eigenvalue weighted by atomic mass is 9.91. The molecule has 2 atom stereocenters. The molecule has 0 spiro atoms. The normalized spacial score (nSPS) is 21.3. The van der Waals surface area contributed by atoms with Crippen molar-refractivity contribution in [3.63, 3.8) is 0 Å². The predicted molar refractivity (Wildman–Crippen MR) is 96.0 cm³/mol. The minimum absolute atomic E-state index is 0. The third-order valence-corrected chi connectivity index (χ3v) is 5.67. The standard InChI is InChI=1S/C15H21BrN2OS.ClH/c1-3-13-10-18(8-9-20-13)14(19)15(2,17)11-4-6-12(16)7-5-11;/h4-7,13H,3,8-10,17H2,1-2H3;1H. The van der Waals surface area contributed by atoms with Crippen LogP contribution in [0.5, 0.6) is 0 Å². The molecule has 0 saturated carbocycles. The molecule has 1 aromatic carbocycles. The number of nitrogens with two attached hydrogens (primary N) is 1. The van der Waals surface area contributed by atoms with Crippen LogP contribution < -0.4 is 5.73 Å². The molecule has 1 fully saturated rings. The zero-order valence-electron chi connectivity index (χ0n) is 12.3. The highest BCUT2D eigenvalue weighted by molar-refractivity contribution is 9.10. The van der Waals surface area contributed by atoms with Gasteiger partial charge in [0.1, 0.15) is 5.54 Å². The van der Waals surface area contributed by atoms with Gasteiger partial charge in [0.15, 0.2) is 0 Å². The first-order chi connectivity index (χ1) is 9.45. The minimum Gasteiger partial charge on any atom is -0.339 e. The Bertz CT molecular complexity index is 481. The quantitative estimate of drug-likeness (QED) is 0.856. The molecule has 118 valence electrons. The number of thioether (sulfide) groups is 1. The van der Waals surface area contributed by atoms with Crippen molar-refractivity contribution >= 4 is 46.0 Å². The summed E-state index contributed by atoms with van der Waals surface area (Å²) in [4.78, 5) is 14.7. The first kappa shape index (κ1) is 18.8. The van der Waals surface area contributed by atoms with Gasteiger partial charge in [-0.1, -0.05) is 35.0 Å². The molecule has 0 radical (unpaired) electrons. The maximum absolute atomic E-state index is 12.7. The van der Waals surface area contributed by atoms with Gasteiger partial charge in [0.25, 0.3) is 0 Å². The number of carbonyl (C=O) groups excluding carboxylic acids is 1. The van der Waals surface area contributed by atoms with E-state index in [1.54, 1.807) is 6.92 Å².